The molecule has 8 heteroatoms. The lowest BCUT2D eigenvalue weighted by molar-refractivity contribution is 0.644. The van der Waals surface area contributed by atoms with E-state index in [9.17, 15) is 4.21 Å². The summed E-state index contributed by atoms with van der Waals surface area (Å²) < 4.78 is 12.0. The van der Waals surface area contributed by atoms with Gasteiger partial charge in [-0.05, 0) is 46.2 Å². The van der Waals surface area contributed by atoms with Crippen LogP contribution in [0, 0.1) is 0 Å². The lowest BCUT2D eigenvalue weighted by atomic mass is 10.3. The average Bonchev–Trinajstić information content (AvgIpc) is 3.02. The van der Waals surface area contributed by atoms with Crippen molar-refractivity contribution in [3.8, 4) is 0 Å². The Morgan fingerprint density at radius 1 is 1.50 bits per heavy atom. The third kappa shape index (κ3) is 6.13. The van der Waals surface area contributed by atoms with E-state index in [0.29, 0.717) is 17.3 Å². The number of halogens is 1. The van der Waals surface area contributed by atoms with Gasteiger partial charge in [-0.1, -0.05) is 11.6 Å². The maximum absolute atomic E-state index is 12.2. The summed E-state index contributed by atoms with van der Waals surface area (Å²) >= 11 is 6.25. The molecule has 1 aliphatic rings. The lowest BCUT2D eigenvalue weighted by Crippen LogP contribution is -2.45. The summed E-state index contributed by atoms with van der Waals surface area (Å²) in [4.78, 5) is 11.2. The number of hydrogen-bond acceptors (Lipinski definition) is 4. The van der Waals surface area contributed by atoms with Crippen molar-refractivity contribution >= 4 is 34.2 Å². The number of anilines is 1. The van der Waals surface area contributed by atoms with Crippen molar-refractivity contribution in [3.63, 3.8) is 0 Å². The number of rotatable bonds is 6. The first-order valence-corrected chi connectivity index (χ1v) is 10.8. The van der Waals surface area contributed by atoms with Crippen molar-refractivity contribution in [2.75, 3.05) is 36.8 Å². The summed E-state index contributed by atoms with van der Waals surface area (Å²) in [5, 5.41) is 7.42. The molecule has 0 amide bonds. The van der Waals surface area contributed by atoms with Crippen molar-refractivity contribution in [1.82, 2.24) is 15.6 Å². The molecule has 2 unspecified atom stereocenters. The van der Waals surface area contributed by atoms with Crippen LogP contribution in [0.2, 0.25) is 5.02 Å². The standard InChI is InChI=1S/C18H30ClN5OS/c1-5-20-17(22-10-12-26(25)18(2,3)4)23-14-8-11-24(13-14)16-15(19)7-6-9-21-16/h6-7,9,14H,5,8,10-13H2,1-4H3,(H2,20,22,23). The molecule has 1 aliphatic heterocycles. The largest absolute Gasteiger partial charge is 0.357 e. The van der Waals surface area contributed by atoms with Crippen molar-refractivity contribution in [3.05, 3.63) is 23.4 Å². The third-order valence-corrected chi connectivity index (χ3v) is 6.36. The summed E-state index contributed by atoms with van der Waals surface area (Å²) in [5.74, 6) is 2.18. The van der Waals surface area contributed by atoms with Gasteiger partial charge in [0.2, 0.25) is 0 Å². The van der Waals surface area contributed by atoms with Crippen LogP contribution >= 0.6 is 11.6 Å². The van der Waals surface area contributed by atoms with Gasteiger partial charge in [0.1, 0.15) is 5.82 Å². The fourth-order valence-corrected chi connectivity index (χ4v) is 3.85. The van der Waals surface area contributed by atoms with Crippen LogP contribution in [0.5, 0.6) is 0 Å². The first kappa shape index (κ1) is 21.0. The Labute approximate surface area is 164 Å². The van der Waals surface area contributed by atoms with Gasteiger partial charge in [-0.3, -0.25) is 9.20 Å². The summed E-state index contributed by atoms with van der Waals surface area (Å²) in [6, 6.07) is 3.99. The molecule has 1 fully saturated rings. The molecular weight excluding hydrogens is 370 g/mol. The van der Waals surface area contributed by atoms with Gasteiger partial charge in [0.15, 0.2) is 5.96 Å². The number of pyridine rings is 1. The fraction of sp³-hybridized carbons (Fsp3) is 0.667. The number of aromatic nitrogens is 1. The number of nitrogens with one attached hydrogen (secondary N) is 2. The maximum Gasteiger partial charge on any atom is 0.191 e. The minimum absolute atomic E-state index is 0.199. The molecule has 0 spiro atoms. The second-order valence-corrected chi connectivity index (χ2v) is 10.0. The van der Waals surface area contributed by atoms with E-state index in [1.54, 1.807) is 6.20 Å². The molecule has 0 aromatic carbocycles. The molecule has 0 saturated carbocycles. The Kier molecular flexibility index (Phi) is 7.70. The second kappa shape index (κ2) is 9.55. The van der Waals surface area contributed by atoms with Crippen LogP contribution in [-0.2, 0) is 10.8 Å². The Morgan fingerprint density at radius 2 is 2.27 bits per heavy atom. The quantitative estimate of drug-likeness (QED) is 0.567. The SMILES string of the molecule is CCNC(=NCCS(=O)C(C)(C)C)NC1CCN(c2ncccc2Cl)C1. The molecule has 0 bridgehead atoms. The van der Waals surface area contributed by atoms with E-state index in [4.69, 9.17) is 11.6 Å². The minimum Gasteiger partial charge on any atom is -0.357 e. The van der Waals surface area contributed by atoms with E-state index in [1.165, 1.54) is 0 Å². The number of guanidine groups is 1. The van der Waals surface area contributed by atoms with E-state index in [2.05, 4.69) is 25.5 Å². The Balaban J connectivity index is 1.91. The second-order valence-electron chi connectivity index (χ2n) is 7.31. The van der Waals surface area contributed by atoms with Gasteiger partial charge < -0.3 is 15.5 Å². The van der Waals surface area contributed by atoms with Crippen molar-refractivity contribution in [2.45, 2.75) is 44.9 Å². The first-order valence-electron chi connectivity index (χ1n) is 9.10. The first-order chi connectivity index (χ1) is 12.3. The normalized spacial score (nSPS) is 19.5. The van der Waals surface area contributed by atoms with Gasteiger partial charge in [-0.25, -0.2) is 4.98 Å². The highest BCUT2D eigenvalue weighted by molar-refractivity contribution is 7.86. The number of hydrogen-bond donors (Lipinski definition) is 2. The molecule has 1 saturated heterocycles. The molecule has 2 heterocycles. The maximum atomic E-state index is 12.2. The van der Waals surface area contributed by atoms with Gasteiger partial charge in [0.05, 0.1) is 11.6 Å². The predicted octanol–water partition coefficient (Wildman–Crippen LogP) is 2.42. The number of aliphatic imine (C=N–C) groups is 1. The molecule has 0 aliphatic carbocycles. The van der Waals surface area contributed by atoms with Crippen LogP contribution in [0.15, 0.2) is 23.3 Å². The zero-order valence-electron chi connectivity index (χ0n) is 16.1. The molecule has 2 N–H and O–H groups in total. The summed E-state index contributed by atoms with van der Waals surface area (Å²) in [5.41, 5.74) is 0. The van der Waals surface area contributed by atoms with Crippen molar-refractivity contribution in [1.29, 1.82) is 0 Å². The zero-order chi connectivity index (χ0) is 19.2. The van der Waals surface area contributed by atoms with E-state index in [1.807, 2.05) is 39.8 Å². The molecule has 146 valence electrons. The van der Waals surface area contributed by atoms with Gasteiger partial charge >= 0.3 is 0 Å². The average molecular weight is 400 g/mol. The van der Waals surface area contributed by atoms with Gasteiger partial charge in [0, 0.05) is 53.2 Å². The smallest absolute Gasteiger partial charge is 0.191 e. The highest BCUT2D eigenvalue weighted by Crippen LogP contribution is 2.25. The van der Waals surface area contributed by atoms with Crippen LogP contribution in [0.1, 0.15) is 34.1 Å². The predicted molar refractivity (Wildman–Crippen MR) is 112 cm³/mol. The molecule has 26 heavy (non-hydrogen) atoms. The highest BCUT2D eigenvalue weighted by atomic mass is 35.5. The van der Waals surface area contributed by atoms with Crippen LogP contribution in [-0.4, -0.2) is 57.9 Å². The van der Waals surface area contributed by atoms with E-state index < -0.39 is 10.8 Å². The van der Waals surface area contributed by atoms with Crippen LogP contribution in [0.25, 0.3) is 0 Å². The Hall–Kier alpha value is -1.34. The summed E-state index contributed by atoms with van der Waals surface area (Å²) in [6.45, 7) is 11.1. The lowest BCUT2D eigenvalue weighted by Gasteiger charge is -2.20. The Morgan fingerprint density at radius 3 is 2.92 bits per heavy atom. The minimum atomic E-state index is -0.889. The topological polar surface area (TPSA) is 69.6 Å². The molecule has 1 aromatic heterocycles. The zero-order valence-corrected chi connectivity index (χ0v) is 17.7. The molecule has 1 aromatic rings. The van der Waals surface area contributed by atoms with Gasteiger partial charge in [0.25, 0.3) is 0 Å². The molecule has 2 atom stereocenters. The van der Waals surface area contributed by atoms with Crippen LogP contribution < -0.4 is 15.5 Å². The molecule has 6 nitrogen and oxygen atoms in total. The summed E-state index contributed by atoms with van der Waals surface area (Å²) in [6.07, 6.45) is 2.76. The van der Waals surface area contributed by atoms with Gasteiger partial charge in [-0.15, -0.1) is 0 Å². The number of nitrogens with zero attached hydrogens (tertiary/aromatic N) is 3. The van der Waals surface area contributed by atoms with E-state index >= 15 is 0 Å². The van der Waals surface area contributed by atoms with Gasteiger partial charge in [-0.2, -0.15) is 0 Å². The van der Waals surface area contributed by atoms with E-state index in [0.717, 1.165) is 37.8 Å². The molecular formula is C18H30ClN5OS. The van der Waals surface area contributed by atoms with Crippen LogP contribution in [0.4, 0.5) is 5.82 Å². The Bertz CT molecular complexity index is 647. The highest BCUT2D eigenvalue weighted by Gasteiger charge is 2.25. The van der Waals surface area contributed by atoms with Crippen molar-refractivity contribution < 1.29 is 4.21 Å². The van der Waals surface area contributed by atoms with Crippen LogP contribution in [0.3, 0.4) is 0 Å². The van der Waals surface area contributed by atoms with Crippen molar-refractivity contribution in [2.24, 2.45) is 4.99 Å². The molecule has 2 rings (SSSR count). The molecule has 0 radical (unpaired) electrons. The van der Waals surface area contributed by atoms with E-state index in [-0.39, 0.29) is 10.8 Å². The monoisotopic (exact) mass is 399 g/mol. The fourth-order valence-electron chi connectivity index (χ4n) is 2.74. The summed E-state index contributed by atoms with van der Waals surface area (Å²) in [7, 11) is -0.889. The third-order valence-electron chi connectivity index (χ3n) is 4.14.